The Morgan fingerprint density at radius 3 is 2.77 bits per heavy atom. The summed E-state index contributed by atoms with van der Waals surface area (Å²) in [6, 6.07) is 12.7. The largest absolute Gasteiger partial charge is 0.493 e. The Kier molecular flexibility index (Phi) is 4.87. The highest BCUT2D eigenvalue weighted by atomic mass is 19.1. The molecule has 1 fully saturated rings. The fourth-order valence-corrected chi connectivity index (χ4v) is 4.39. The molecule has 1 saturated heterocycles. The van der Waals surface area contributed by atoms with Crippen LogP contribution in [0.3, 0.4) is 0 Å². The lowest BCUT2D eigenvalue weighted by Crippen LogP contribution is -2.48. The van der Waals surface area contributed by atoms with Crippen LogP contribution in [0.15, 0.2) is 42.5 Å². The molecule has 2 aliphatic rings. The second-order valence-electron chi connectivity index (χ2n) is 8.08. The Bertz CT molecular complexity index is 1120. The summed E-state index contributed by atoms with van der Waals surface area (Å²) in [7, 11) is 0. The van der Waals surface area contributed by atoms with Gasteiger partial charge in [-0.05, 0) is 42.3 Å². The van der Waals surface area contributed by atoms with Gasteiger partial charge in [-0.15, -0.1) is 0 Å². The van der Waals surface area contributed by atoms with Gasteiger partial charge < -0.3 is 9.64 Å². The first-order valence-electron chi connectivity index (χ1n) is 10.4. The van der Waals surface area contributed by atoms with Crippen LogP contribution in [0, 0.1) is 12.7 Å². The Hall–Kier alpha value is -2.99. The van der Waals surface area contributed by atoms with Crippen LogP contribution in [-0.4, -0.2) is 53.5 Å². The molecule has 0 spiro atoms. The van der Waals surface area contributed by atoms with Crippen LogP contribution in [0.4, 0.5) is 4.39 Å². The lowest BCUT2D eigenvalue weighted by Gasteiger charge is -2.35. The predicted molar refractivity (Wildman–Crippen MR) is 113 cm³/mol. The van der Waals surface area contributed by atoms with Crippen molar-refractivity contribution in [1.82, 2.24) is 14.8 Å². The van der Waals surface area contributed by atoms with Crippen molar-refractivity contribution >= 4 is 16.8 Å². The summed E-state index contributed by atoms with van der Waals surface area (Å²) in [6.07, 6.45) is 0.981. The third-order valence-electron chi connectivity index (χ3n) is 5.95. The van der Waals surface area contributed by atoms with E-state index in [0.717, 1.165) is 44.1 Å². The van der Waals surface area contributed by atoms with E-state index in [4.69, 9.17) is 4.74 Å². The van der Waals surface area contributed by atoms with Gasteiger partial charge in [-0.2, -0.15) is 0 Å². The molecule has 0 bridgehead atoms. The molecule has 6 heteroatoms. The average molecular weight is 405 g/mol. The number of aryl methyl sites for hydroxylation is 1. The molecule has 0 saturated carbocycles. The minimum atomic E-state index is -0.342. The smallest absolute Gasteiger partial charge is 0.254 e. The monoisotopic (exact) mass is 405 g/mol. The molecular weight excluding hydrogens is 381 g/mol. The highest BCUT2D eigenvalue weighted by Crippen LogP contribution is 2.27. The molecule has 0 N–H and O–H groups in total. The van der Waals surface area contributed by atoms with Gasteiger partial charge in [0.05, 0.1) is 17.7 Å². The number of piperazine rings is 1. The molecule has 30 heavy (non-hydrogen) atoms. The van der Waals surface area contributed by atoms with E-state index in [-0.39, 0.29) is 11.7 Å². The Balaban J connectivity index is 1.28. The SMILES string of the molecule is Cc1cc(C(=O)N2CCN(Cc3ccc4c(c3)CCO4)CC2)c2ccc(F)cc2n1. The van der Waals surface area contributed by atoms with E-state index in [1.54, 1.807) is 6.07 Å². The van der Waals surface area contributed by atoms with E-state index in [0.29, 0.717) is 29.6 Å². The van der Waals surface area contributed by atoms with E-state index >= 15 is 0 Å². The summed E-state index contributed by atoms with van der Waals surface area (Å²) in [5.74, 6) is 0.658. The van der Waals surface area contributed by atoms with Gasteiger partial charge in [-0.25, -0.2) is 4.39 Å². The van der Waals surface area contributed by atoms with Gasteiger partial charge in [0.25, 0.3) is 5.91 Å². The highest BCUT2D eigenvalue weighted by molar-refractivity contribution is 6.06. The molecule has 154 valence electrons. The minimum absolute atomic E-state index is 0.00793. The maximum Gasteiger partial charge on any atom is 0.254 e. The van der Waals surface area contributed by atoms with E-state index in [1.807, 2.05) is 17.9 Å². The first-order valence-corrected chi connectivity index (χ1v) is 10.4. The number of pyridine rings is 1. The zero-order valence-corrected chi connectivity index (χ0v) is 17.0. The summed E-state index contributed by atoms with van der Waals surface area (Å²) in [5, 5.41) is 0.704. The summed E-state index contributed by atoms with van der Waals surface area (Å²) in [6.45, 7) is 6.50. The number of carbonyl (C=O) groups excluding carboxylic acids is 1. The molecule has 0 radical (unpaired) electrons. The normalized spacial score (nSPS) is 16.5. The number of rotatable bonds is 3. The first kappa shape index (κ1) is 19.0. The number of nitrogens with zero attached hydrogens (tertiary/aromatic N) is 3. The number of aromatic nitrogens is 1. The molecule has 5 nitrogen and oxygen atoms in total. The molecule has 0 unspecified atom stereocenters. The van der Waals surface area contributed by atoms with Gasteiger partial charge >= 0.3 is 0 Å². The van der Waals surface area contributed by atoms with E-state index in [9.17, 15) is 9.18 Å². The van der Waals surface area contributed by atoms with Crippen molar-refractivity contribution in [3.63, 3.8) is 0 Å². The van der Waals surface area contributed by atoms with Crippen LogP contribution >= 0.6 is 0 Å². The lowest BCUT2D eigenvalue weighted by atomic mass is 10.1. The van der Waals surface area contributed by atoms with Gasteiger partial charge in [0.2, 0.25) is 0 Å². The zero-order valence-electron chi connectivity index (χ0n) is 17.0. The van der Waals surface area contributed by atoms with Crippen LogP contribution < -0.4 is 4.74 Å². The molecule has 3 aromatic rings. The summed E-state index contributed by atoms with van der Waals surface area (Å²) in [5.41, 5.74) is 4.42. The fraction of sp³-hybridized carbons (Fsp3) is 0.333. The minimum Gasteiger partial charge on any atom is -0.493 e. The van der Waals surface area contributed by atoms with Crippen LogP contribution in [0.25, 0.3) is 10.9 Å². The van der Waals surface area contributed by atoms with Gasteiger partial charge in [0, 0.05) is 56.3 Å². The molecule has 2 aliphatic heterocycles. The Labute approximate surface area is 175 Å². The van der Waals surface area contributed by atoms with Gasteiger partial charge in [0.15, 0.2) is 0 Å². The lowest BCUT2D eigenvalue weighted by molar-refractivity contribution is 0.0630. The van der Waals surface area contributed by atoms with Crippen molar-refractivity contribution in [3.8, 4) is 5.75 Å². The second kappa shape index (κ2) is 7.69. The molecule has 1 aromatic heterocycles. The topological polar surface area (TPSA) is 45.7 Å². The van der Waals surface area contributed by atoms with Crippen molar-refractivity contribution in [2.75, 3.05) is 32.8 Å². The maximum atomic E-state index is 13.6. The van der Waals surface area contributed by atoms with Crippen molar-refractivity contribution < 1.29 is 13.9 Å². The number of hydrogen-bond donors (Lipinski definition) is 0. The molecular formula is C24H24FN3O2. The third-order valence-corrected chi connectivity index (χ3v) is 5.95. The number of hydrogen-bond acceptors (Lipinski definition) is 4. The average Bonchev–Trinajstić information content (AvgIpc) is 3.21. The number of ether oxygens (including phenoxy) is 1. The van der Waals surface area contributed by atoms with Crippen LogP contribution in [-0.2, 0) is 13.0 Å². The molecule has 3 heterocycles. The number of halogens is 1. The third kappa shape index (κ3) is 3.63. The standard InChI is InChI=1S/C24H24FN3O2/c1-16-12-21(20-4-3-19(25)14-22(20)26-16)24(29)28-9-7-27(8-10-28)15-17-2-5-23-18(13-17)6-11-30-23/h2-5,12-14H,6-11,15H2,1H3. The second-order valence-corrected chi connectivity index (χ2v) is 8.08. The number of fused-ring (bicyclic) bond motifs is 2. The number of benzene rings is 2. The van der Waals surface area contributed by atoms with E-state index < -0.39 is 0 Å². The van der Waals surface area contributed by atoms with Crippen LogP contribution in [0.5, 0.6) is 5.75 Å². The summed E-state index contributed by atoms with van der Waals surface area (Å²) >= 11 is 0. The summed E-state index contributed by atoms with van der Waals surface area (Å²) < 4.78 is 19.2. The molecule has 0 atom stereocenters. The van der Waals surface area contributed by atoms with Crippen molar-refractivity contribution in [2.24, 2.45) is 0 Å². The summed E-state index contributed by atoms with van der Waals surface area (Å²) in [4.78, 5) is 21.9. The van der Waals surface area contributed by atoms with Gasteiger partial charge in [0.1, 0.15) is 11.6 Å². The van der Waals surface area contributed by atoms with Crippen molar-refractivity contribution in [3.05, 3.63) is 70.7 Å². The molecule has 0 aliphatic carbocycles. The van der Waals surface area contributed by atoms with E-state index in [1.165, 1.54) is 23.3 Å². The van der Waals surface area contributed by atoms with E-state index in [2.05, 4.69) is 28.1 Å². The van der Waals surface area contributed by atoms with Crippen LogP contribution in [0.2, 0.25) is 0 Å². The number of carbonyl (C=O) groups is 1. The highest BCUT2D eigenvalue weighted by Gasteiger charge is 2.24. The molecule has 1 amide bonds. The quantitative estimate of drug-likeness (QED) is 0.668. The predicted octanol–water partition coefficient (Wildman–Crippen LogP) is 3.58. The van der Waals surface area contributed by atoms with Gasteiger partial charge in [-0.1, -0.05) is 12.1 Å². The fourth-order valence-electron chi connectivity index (χ4n) is 4.39. The Morgan fingerprint density at radius 2 is 1.93 bits per heavy atom. The van der Waals surface area contributed by atoms with Crippen molar-refractivity contribution in [2.45, 2.75) is 19.9 Å². The molecule has 2 aromatic carbocycles. The van der Waals surface area contributed by atoms with Crippen molar-refractivity contribution in [1.29, 1.82) is 0 Å². The van der Waals surface area contributed by atoms with Gasteiger partial charge in [-0.3, -0.25) is 14.7 Å². The zero-order chi connectivity index (χ0) is 20.7. The Morgan fingerprint density at radius 1 is 1.10 bits per heavy atom. The maximum absolute atomic E-state index is 13.6. The van der Waals surface area contributed by atoms with Crippen LogP contribution in [0.1, 0.15) is 27.2 Å². The molecule has 5 rings (SSSR count). The number of amides is 1. The first-order chi connectivity index (χ1) is 14.6.